The van der Waals surface area contributed by atoms with Crippen molar-refractivity contribution >= 4 is 29.2 Å². The van der Waals surface area contributed by atoms with Crippen molar-refractivity contribution in [1.82, 2.24) is 9.80 Å². The highest BCUT2D eigenvalue weighted by Gasteiger charge is 2.36. The molecule has 2 fully saturated rings. The van der Waals surface area contributed by atoms with Gasteiger partial charge in [-0.3, -0.25) is 4.79 Å². The van der Waals surface area contributed by atoms with Crippen LogP contribution in [0, 0.1) is 5.82 Å². The molecule has 0 saturated carbocycles. The molecule has 2 aromatic carbocycles. The standard InChI is InChI=1S/C23H25ClFN3O3/c24-17-5-3-16(4-6-17)23(31)9-13-27(14-10-23)21(29)19-15-18(25)7-8-20(19)26-22(30)28-11-1-2-12-28/h3-8,15,31H,1-2,9-14H2,(H,26,30). The quantitative estimate of drug-likeness (QED) is 0.742. The second-order valence-electron chi connectivity index (χ2n) is 8.14. The fraction of sp³-hybridized carbons (Fsp3) is 0.391. The van der Waals surface area contributed by atoms with Crippen molar-refractivity contribution in [3.05, 3.63) is 64.4 Å². The predicted octanol–water partition coefficient (Wildman–Crippen LogP) is 4.23. The van der Waals surface area contributed by atoms with Gasteiger partial charge in [-0.15, -0.1) is 0 Å². The number of piperidine rings is 1. The maximum atomic E-state index is 13.9. The minimum atomic E-state index is -1.05. The molecule has 0 aliphatic carbocycles. The summed E-state index contributed by atoms with van der Waals surface area (Å²) in [4.78, 5) is 28.9. The maximum absolute atomic E-state index is 13.9. The lowest BCUT2D eigenvalue weighted by atomic mass is 9.84. The minimum absolute atomic E-state index is 0.115. The number of amides is 3. The predicted molar refractivity (Wildman–Crippen MR) is 117 cm³/mol. The molecule has 6 nitrogen and oxygen atoms in total. The molecule has 2 N–H and O–H groups in total. The lowest BCUT2D eigenvalue weighted by Crippen LogP contribution is -2.45. The van der Waals surface area contributed by atoms with Crippen LogP contribution in [0.1, 0.15) is 41.6 Å². The summed E-state index contributed by atoms with van der Waals surface area (Å²) in [6, 6.07) is 10.6. The monoisotopic (exact) mass is 445 g/mol. The fourth-order valence-electron chi connectivity index (χ4n) is 4.22. The number of carbonyl (C=O) groups is 2. The van der Waals surface area contributed by atoms with Crippen molar-refractivity contribution in [3.8, 4) is 0 Å². The number of rotatable bonds is 3. The Labute approximate surface area is 185 Å². The molecule has 0 aromatic heterocycles. The van der Waals surface area contributed by atoms with E-state index in [1.165, 1.54) is 12.1 Å². The second-order valence-corrected chi connectivity index (χ2v) is 8.58. The lowest BCUT2D eigenvalue weighted by molar-refractivity contribution is -0.0211. The number of nitrogens with one attached hydrogen (secondary N) is 1. The summed E-state index contributed by atoms with van der Waals surface area (Å²) in [6.45, 7) is 1.97. The van der Waals surface area contributed by atoms with E-state index in [4.69, 9.17) is 11.6 Å². The van der Waals surface area contributed by atoms with Crippen molar-refractivity contribution in [3.63, 3.8) is 0 Å². The Morgan fingerprint density at radius 3 is 2.26 bits per heavy atom. The topological polar surface area (TPSA) is 72.9 Å². The van der Waals surface area contributed by atoms with Crippen LogP contribution in [0.4, 0.5) is 14.9 Å². The lowest BCUT2D eigenvalue weighted by Gasteiger charge is -2.38. The number of nitrogens with zero attached hydrogens (tertiary/aromatic N) is 2. The van der Waals surface area contributed by atoms with Gasteiger partial charge in [-0.05, 0) is 61.6 Å². The Hall–Kier alpha value is -2.64. The Kier molecular flexibility index (Phi) is 6.16. The van der Waals surface area contributed by atoms with Crippen molar-refractivity contribution in [2.75, 3.05) is 31.5 Å². The molecule has 0 bridgehead atoms. The minimum Gasteiger partial charge on any atom is -0.385 e. The summed E-state index contributed by atoms with van der Waals surface area (Å²) >= 11 is 5.94. The Morgan fingerprint density at radius 2 is 1.61 bits per heavy atom. The zero-order chi connectivity index (χ0) is 22.0. The van der Waals surface area contributed by atoms with E-state index in [2.05, 4.69) is 5.32 Å². The normalized spacial score (nSPS) is 18.2. The van der Waals surface area contributed by atoms with Gasteiger partial charge in [-0.25, -0.2) is 9.18 Å². The molecule has 2 aromatic rings. The van der Waals surface area contributed by atoms with Gasteiger partial charge in [0.1, 0.15) is 5.82 Å². The number of likely N-dealkylation sites (tertiary alicyclic amines) is 2. The first-order valence-electron chi connectivity index (χ1n) is 10.5. The third kappa shape index (κ3) is 4.67. The van der Waals surface area contributed by atoms with Gasteiger partial charge in [0.25, 0.3) is 5.91 Å². The van der Waals surface area contributed by atoms with E-state index in [-0.39, 0.29) is 17.5 Å². The van der Waals surface area contributed by atoms with Gasteiger partial charge in [-0.1, -0.05) is 23.7 Å². The first kappa shape index (κ1) is 21.6. The van der Waals surface area contributed by atoms with Crippen LogP contribution in [0.5, 0.6) is 0 Å². The number of urea groups is 1. The van der Waals surface area contributed by atoms with Crippen LogP contribution >= 0.6 is 11.6 Å². The third-order valence-corrected chi connectivity index (χ3v) is 6.36. The summed E-state index contributed by atoms with van der Waals surface area (Å²) in [6.07, 6.45) is 2.61. The van der Waals surface area contributed by atoms with E-state index in [0.29, 0.717) is 49.7 Å². The number of halogens is 2. The summed E-state index contributed by atoms with van der Waals surface area (Å²) in [5, 5.41) is 14.4. The first-order valence-corrected chi connectivity index (χ1v) is 10.9. The SMILES string of the molecule is O=C(Nc1ccc(F)cc1C(=O)N1CCC(O)(c2ccc(Cl)cc2)CC1)N1CCCC1. The van der Waals surface area contributed by atoms with Gasteiger partial charge < -0.3 is 20.2 Å². The zero-order valence-corrected chi connectivity index (χ0v) is 17.9. The summed E-state index contributed by atoms with van der Waals surface area (Å²) in [5.74, 6) is -0.911. The zero-order valence-electron chi connectivity index (χ0n) is 17.1. The number of benzene rings is 2. The Balaban J connectivity index is 1.47. The highest BCUT2D eigenvalue weighted by Crippen LogP contribution is 2.34. The van der Waals surface area contributed by atoms with Crippen LogP contribution in [-0.2, 0) is 5.60 Å². The summed E-state index contributed by atoms with van der Waals surface area (Å²) < 4.78 is 13.9. The molecule has 31 heavy (non-hydrogen) atoms. The van der Waals surface area contributed by atoms with Crippen LogP contribution in [0.2, 0.25) is 5.02 Å². The molecule has 2 aliphatic heterocycles. The molecular weight excluding hydrogens is 421 g/mol. The van der Waals surface area contributed by atoms with Crippen molar-refractivity contribution < 1.29 is 19.1 Å². The van der Waals surface area contributed by atoms with Gasteiger partial charge in [0.15, 0.2) is 0 Å². The Bertz CT molecular complexity index is 969. The molecule has 2 saturated heterocycles. The second kappa shape index (κ2) is 8.85. The van der Waals surface area contributed by atoms with Gasteiger partial charge >= 0.3 is 6.03 Å². The van der Waals surface area contributed by atoms with Crippen molar-refractivity contribution in [2.45, 2.75) is 31.3 Å². The maximum Gasteiger partial charge on any atom is 0.321 e. The third-order valence-electron chi connectivity index (χ3n) is 6.11. The van der Waals surface area contributed by atoms with Crippen molar-refractivity contribution in [2.24, 2.45) is 0 Å². The largest absolute Gasteiger partial charge is 0.385 e. The van der Waals surface area contributed by atoms with Crippen LogP contribution < -0.4 is 5.32 Å². The molecule has 2 aliphatic rings. The molecule has 0 radical (unpaired) electrons. The van der Waals surface area contributed by atoms with E-state index in [9.17, 15) is 19.1 Å². The number of aliphatic hydroxyl groups is 1. The van der Waals surface area contributed by atoms with Gasteiger partial charge in [0.05, 0.1) is 16.9 Å². The smallest absolute Gasteiger partial charge is 0.321 e. The van der Waals surface area contributed by atoms with Gasteiger partial charge in [0, 0.05) is 31.2 Å². The average Bonchev–Trinajstić information content (AvgIpc) is 3.30. The molecule has 8 heteroatoms. The van der Waals surface area contributed by atoms with Crippen LogP contribution in [-0.4, -0.2) is 53.0 Å². The summed E-state index contributed by atoms with van der Waals surface area (Å²) in [5.41, 5.74) is 0.121. The van der Waals surface area contributed by atoms with Gasteiger partial charge in [-0.2, -0.15) is 0 Å². The van der Waals surface area contributed by atoms with Crippen LogP contribution in [0.15, 0.2) is 42.5 Å². The summed E-state index contributed by atoms with van der Waals surface area (Å²) in [7, 11) is 0. The highest BCUT2D eigenvalue weighted by molar-refractivity contribution is 6.30. The molecular formula is C23H25ClFN3O3. The van der Waals surface area contributed by atoms with Gasteiger partial charge in [0.2, 0.25) is 0 Å². The van der Waals surface area contributed by atoms with Crippen LogP contribution in [0.3, 0.4) is 0 Å². The van der Waals surface area contributed by atoms with E-state index >= 15 is 0 Å². The average molecular weight is 446 g/mol. The van der Waals surface area contributed by atoms with E-state index in [0.717, 1.165) is 24.5 Å². The van der Waals surface area contributed by atoms with Crippen LogP contribution in [0.25, 0.3) is 0 Å². The fourth-order valence-corrected chi connectivity index (χ4v) is 4.34. The van der Waals surface area contributed by atoms with E-state index in [1.54, 1.807) is 34.1 Å². The van der Waals surface area contributed by atoms with E-state index in [1.807, 2.05) is 0 Å². The highest BCUT2D eigenvalue weighted by atomic mass is 35.5. The Morgan fingerprint density at radius 1 is 0.968 bits per heavy atom. The number of carbonyl (C=O) groups excluding carboxylic acids is 2. The molecule has 0 spiro atoms. The molecule has 2 heterocycles. The number of anilines is 1. The van der Waals surface area contributed by atoms with Crippen molar-refractivity contribution in [1.29, 1.82) is 0 Å². The van der Waals surface area contributed by atoms with E-state index < -0.39 is 11.4 Å². The number of hydrogen-bond donors (Lipinski definition) is 2. The molecule has 0 unspecified atom stereocenters. The first-order chi connectivity index (χ1) is 14.9. The molecule has 3 amide bonds. The molecule has 0 atom stereocenters. The molecule has 164 valence electrons. The molecule has 4 rings (SSSR count). The number of hydrogen-bond acceptors (Lipinski definition) is 3.